The Bertz CT molecular complexity index is 2160. The van der Waals surface area contributed by atoms with Crippen LogP contribution in [-0.4, -0.2) is 88.9 Å². The molecule has 0 aliphatic carbocycles. The van der Waals surface area contributed by atoms with Crippen molar-refractivity contribution in [1.82, 2.24) is 29.2 Å². The van der Waals surface area contributed by atoms with E-state index in [0.717, 1.165) is 50.5 Å². The summed E-state index contributed by atoms with van der Waals surface area (Å²) in [5.41, 5.74) is 4.43. The first-order chi connectivity index (χ1) is 26.2. The molecule has 6 heterocycles. The van der Waals surface area contributed by atoms with E-state index >= 15 is 0 Å². The fourth-order valence-corrected chi connectivity index (χ4v) is 9.97. The number of hydrogen-bond donors (Lipinski definition) is 1. The number of nitrogens with zero attached hydrogens (tertiary/aromatic N) is 7. The number of hydrogen-bond acceptors (Lipinski definition) is 8. The van der Waals surface area contributed by atoms with E-state index in [2.05, 4.69) is 83.2 Å². The van der Waals surface area contributed by atoms with Crippen LogP contribution in [0.1, 0.15) is 51.0 Å². The Morgan fingerprint density at radius 1 is 1.09 bits per heavy atom. The van der Waals surface area contributed by atoms with Crippen LogP contribution in [-0.2, 0) is 22.2 Å². The van der Waals surface area contributed by atoms with Crippen LogP contribution < -0.4 is 10.2 Å². The van der Waals surface area contributed by atoms with Gasteiger partial charge < -0.3 is 18.8 Å². The van der Waals surface area contributed by atoms with Crippen LogP contribution in [0.2, 0.25) is 28.2 Å². The number of rotatable bonds is 11. The Labute approximate surface area is 337 Å². The number of amides is 1. The third kappa shape index (κ3) is 7.85. The van der Waals surface area contributed by atoms with Crippen molar-refractivity contribution in [1.29, 1.82) is 0 Å². The number of carbonyl (C=O) groups excluding carboxylic acids is 1. The molecular weight excluding hydrogens is 775 g/mol. The predicted molar refractivity (Wildman–Crippen MR) is 223 cm³/mol. The Morgan fingerprint density at radius 2 is 1.84 bits per heavy atom. The minimum atomic E-state index is -1.70. The summed E-state index contributed by atoms with van der Waals surface area (Å²) in [5, 5.41) is 11.7. The maximum absolute atomic E-state index is 14.4. The second-order valence-corrected chi connectivity index (χ2v) is 23.5. The van der Waals surface area contributed by atoms with Gasteiger partial charge in [-0.1, -0.05) is 56.1 Å². The normalized spacial score (nSPS) is 19.2. The lowest BCUT2D eigenvalue weighted by atomic mass is 9.94. The van der Waals surface area contributed by atoms with Gasteiger partial charge in [0.15, 0.2) is 19.5 Å². The third-order valence-electron chi connectivity index (χ3n) is 12.1. The second-order valence-electron chi connectivity index (χ2n) is 17.0. The van der Waals surface area contributed by atoms with E-state index < -0.39 is 26.4 Å². The van der Waals surface area contributed by atoms with Gasteiger partial charge in [0.2, 0.25) is 0 Å². The Kier molecular flexibility index (Phi) is 10.7. The molecule has 55 heavy (non-hydrogen) atoms. The van der Waals surface area contributed by atoms with Gasteiger partial charge in [-0.05, 0) is 73.7 Å². The topological polar surface area (TPSA) is 93.3 Å². The number of nitrogens with one attached hydrogen (secondary N) is 1. The summed E-state index contributed by atoms with van der Waals surface area (Å²) in [6.07, 6.45) is 6.49. The van der Waals surface area contributed by atoms with E-state index in [0.29, 0.717) is 49.3 Å². The fraction of sp³-hybridized carbons (Fsp3) is 0.500. The first-order valence-corrected chi connectivity index (χ1v) is 23.8. The molecule has 3 aromatic heterocycles. The largest absolute Gasteiger partial charge is 0.417 e. The molecule has 10 nitrogen and oxygen atoms in total. The van der Waals surface area contributed by atoms with Crippen LogP contribution in [0.15, 0.2) is 54.4 Å². The van der Waals surface area contributed by atoms with E-state index in [1.807, 2.05) is 6.07 Å². The number of likely N-dealkylation sites (tertiary alicyclic amines) is 1. The van der Waals surface area contributed by atoms with Gasteiger partial charge in [-0.2, -0.15) is 5.10 Å². The molecule has 15 heteroatoms. The lowest BCUT2D eigenvalue weighted by Crippen LogP contribution is -2.52. The SMILES string of the molecule is CC(C)(C)[Si](C)(C)OCC1CCN(CC2CN(c3ccc(-c4cc(Cl)c5cn(C(C(=O)Nc6nccs6)c6ncn7c6C[C@@H](F)C7)nc5c4Cl)cc3)C2)CC1. The first kappa shape index (κ1) is 38.5. The summed E-state index contributed by atoms with van der Waals surface area (Å²) in [5.74, 6) is 0.948. The number of halogens is 3. The number of fused-ring (bicyclic) bond motifs is 2. The predicted octanol–water partition coefficient (Wildman–Crippen LogP) is 8.96. The van der Waals surface area contributed by atoms with Crippen LogP contribution in [0.5, 0.6) is 0 Å². The molecule has 8 rings (SSSR count). The minimum Gasteiger partial charge on any atom is -0.417 e. The average Bonchev–Trinajstić information content (AvgIpc) is 3.94. The molecule has 1 N–H and O–H groups in total. The van der Waals surface area contributed by atoms with E-state index in [4.69, 9.17) is 32.7 Å². The van der Waals surface area contributed by atoms with Crippen LogP contribution >= 0.6 is 34.5 Å². The van der Waals surface area contributed by atoms with Crippen molar-refractivity contribution in [2.24, 2.45) is 11.8 Å². The van der Waals surface area contributed by atoms with Gasteiger partial charge in [-0.3, -0.25) is 14.8 Å². The fourth-order valence-electron chi connectivity index (χ4n) is 7.80. The van der Waals surface area contributed by atoms with E-state index in [9.17, 15) is 9.18 Å². The van der Waals surface area contributed by atoms with Gasteiger partial charge in [-0.25, -0.2) is 14.4 Å². The van der Waals surface area contributed by atoms with Crippen molar-refractivity contribution in [2.75, 3.05) is 49.5 Å². The van der Waals surface area contributed by atoms with E-state index in [-0.39, 0.29) is 18.0 Å². The van der Waals surface area contributed by atoms with Crippen molar-refractivity contribution in [2.45, 2.75) is 76.9 Å². The van der Waals surface area contributed by atoms with Crippen LogP contribution in [0.3, 0.4) is 0 Å². The number of carbonyl (C=O) groups is 1. The van der Waals surface area contributed by atoms with Crippen molar-refractivity contribution in [3.63, 3.8) is 0 Å². The maximum atomic E-state index is 14.4. The number of anilines is 2. The zero-order valence-electron chi connectivity index (χ0n) is 32.1. The Morgan fingerprint density at radius 3 is 2.53 bits per heavy atom. The molecule has 5 aromatic rings. The molecule has 0 radical (unpaired) electrons. The summed E-state index contributed by atoms with van der Waals surface area (Å²) in [4.78, 5) is 27.7. The highest BCUT2D eigenvalue weighted by atomic mass is 35.5. The summed E-state index contributed by atoms with van der Waals surface area (Å²) in [6, 6.07) is 9.29. The van der Waals surface area contributed by atoms with Crippen molar-refractivity contribution >= 4 is 70.5 Å². The smallest absolute Gasteiger partial charge is 0.257 e. The molecule has 3 aliphatic rings. The molecule has 2 fully saturated rings. The minimum absolute atomic E-state index is 0.171. The number of benzene rings is 2. The van der Waals surface area contributed by atoms with Gasteiger partial charge in [0.05, 0.1) is 28.6 Å². The van der Waals surface area contributed by atoms with Gasteiger partial charge in [0.1, 0.15) is 11.7 Å². The van der Waals surface area contributed by atoms with E-state index in [1.54, 1.807) is 28.7 Å². The van der Waals surface area contributed by atoms with Crippen LogP contribution in [0, 0.1) is 11.8 Å². The zero-order chi connectivity index (χ0) is 38.6. The van der Waals surface area contributed by atoms with Crippen molar-refractivity contribution in [3.05, 3.63) is 75.9 Å². The maximum Gasteiger partial charge on any atom is 0.257 e. The molecule has 2 saturated heterocycles. The van der Waals surface area contributed by atoms with E-state index in [1.165, 1.54) is 34.5 Å². The Hall–Kier alpha value is -3.33. The van der Waals surface area contributed by atoms with Gasteiger partial charge in [-0.15, -0.1) is 11.3 Å². The van der Waals surface area contributed by atoms with Crippen molar-refractivity contribution in [3.8, 4) is 11.1 Å². The van der Waals surface area contributed by atoms with Gasteiger partial charge >= 0.3 is 0 Å². The molecular formula is C40H49Cl2FN8O2SSi. The van der Waals surface area contributed by atoms with Gasteiger partial charge in [0, 0.05) is 78.7 Å². The zero-order valence-corrected chi connectivity index (χ0v) is 35.4. The number of alkyl halides is 1. The molecule has 1 amide bonds. The highest BCUT2D eigenvalue weighted by Crippen LogP contribution is 2.41. The molecule has 292 valence electrons. The summed E-state index contributed by atoms with van der Waals surface area (Å²) < 4.78 is 24.3. The number of piperidine rings is 1. The van der Waals surface area contributed by atoms with Crippen LogP contribution in [0.4, 0.5) is 15.2 Å². The second kappa shape index (κ2) is 15.2. The Balaban J connectivity index is 0.925. The molecule has 0 saturated carbocycles. The lowest BCUT2D eigenvalue weighted by molar-refractivity contribution is -0.118. The summed E-state index contributed by atoms with van der Waals surface area (Å²) in [6.45, 7) is 18.3. The molecule has 0 spiro atoms. The van der Waals surface area contributed by atoms with Gasteiger partial charge in [0.25, 0.3) is 5.91 Å². The molecule has 2 atom stereocenters. The summed E-state index contributed by atoms with van der Waals surface area (Å²) >= 11 is 15.3. The lowest BCUT2D eigenvalue weighted by Gasteiger charge is -2.44. The molecule has 3 aliphatic heterocycles. The standard InChI is InChI=1S/C40H49Cl2FN8O2SSi/c1-40(2,3)55(4,5)53-23-25-10-13-48(14-11-25)18-26-19-49(20-26)29-8-6-27(7-9-29)30-17-32(41)31-22-51(47-35(31)34(30)42)37(38(52)46-39-44-12-15-54-39)36-33-16-28(43)21-50(33)24-45-36/h6-9,12,15,17,22,24-26,28,37H,10-11,13-14,16,18-21,23H2,1-5H3,(H,44,46,52)/t28-,37?/m1/s1. The van der Waals surface area contributed by atoms with Crippen LogP contribution in [0.25, 0.3) is 22.0 Å². The third-order valence-corrected chi connectivity index (χ3v) is 18.0. The first-order valence-electron chi connectivity index (χ1n) is 19.2. The highest BCUT2D eigenvalue weighted by Gasteiger charge is 2.38. The van der Waals surface area contributed by atoms with Crippen molar-refractivity contribution < 1.29 is 13.6 Å². The highest BCUT2D eigenvalue weighted by molar-refractivity contribution is 7.13. The summed E-state index contributed by atoms with van der Waals surface area (Å²) in [7, 11) is -1.70. The quantitative estimate of drug-likeness (QED) is 0.133. The molecule has 1 unspecified atom stereocenters. The molecule has 2 aromatic carbocycles. The molecule has 0 bridgehead atoms. The number of thiazole rings is 1. The number of imidazole rings is 1. The monoisotopic (exact) mass is 822 g/mol. The average molecular weight is 824 g/mol. The number of aromatic nitrogens is 5.